The predicted molar refractivity (Wildman–Crippen MR) is 78.8 cm³/mol. The lowest BCUT2D eigenvalue weighted by molar-refractivity contribution is 0.640. The van der Waals surface area contributed by atoms with Gasteiger partial charge in [-0.15, -0.1) is 0 Å². The third-order valence-corrected chi connectivity index (χ3v) is 5.34. The summed E-state index contributed by atoms with van der Waals surface area (Å²) in [4.78, 5) is 0. The molecular weight excluding hydrogens is 228 g/mol. The number of nitrogen functional groups attached to an aromatic ring is 1. The Balaban J connectivity index is 2.04. The van der Waals surface area contributed by atoms with Crippen molar-refractivity contribution in [2.75, 3.05) is 23.9 Å². The largest absolute Gasteiger partial charge is 0.398 e. The molecule has 1 saturated carbocycles. The van der Waals surface area contributed by atoms with Crippen LogP contribution in [-0.2, 0) is 0 Å². The van der Waals surface area contributed by atoms with Gasteiger partial charge in [0.1, 0.15) is 0 Å². The lowest BCUT2D eigenvalue weighted by Crippen LogP contribution is -2.30. The van der Waals surface area contributed by atoms with Crippen molar-refractivity contribution in [3.63, 3.8) is 0 Å². The van der Waals surface area contributed by atoms with Gasteiger partial charge in [-0.3, -0.25) is 0 Å². The topological polar surface area (TPSA) is 38.0 Å². The van der Waals surface area contributed by atoms with E-state index in [0.717, 1.165) is 12.2 Å². The number of anilines is 2. The molecule has 0 unspecified atom stereocenters. The van der Waals surface area contributed by atoms with Crippen LogP contribution < -0.4 is 11.1 Å². The fraction of sp³-hybridized carbons (Fsp3) is 0.571. The van der Waals surface area contributed by atoms with Gasteiger partial charge < -0.3 is 11.1 Å². The summed E-state index contributed by atoms with van der Waals surface area (Å²) in [7, 11) is 0. The second-order valence-corrected chi connectivity index (χ2v) is 6.24. The minimum Gasteiger partial charge on any atom is -0.398 e. The van der Waals surface area contributed by atoms with E-state index in [9.17, 15) is 0 Å². The highest BCUT2D eigenvalue weighted by Gasteiger charge is 2.32. The first-order valence-electron chi connectivity index (χ1n) is 6.31. The molecule has 94 valence electrons. The second-order valence-electron chi connectivity index (χ2n) is 4.97. The van der Waals surface area contributed by atoms with E-state index < -0.39 is 0 Å². The summed E-state index contributed by atoms with van der Waals surface area (Å²) < 4.78 is 0.442. The van der Waals surface area contributed by atoms with Crippen LogP contribution in [-0.4, -0.2) is 17.5 Å². The van der Waals surface area contributed by atoms with Gasteiger partial charge in [-0.2, -0.15) is 11.8 Å². The van der Waals surface area contributed by atoms with Crippen LogP contribution in [0.25, 0.3) is 0 Å². The van der Waals surface area contributed by atoms with Crippen LogP contribution >= 0.6 is 11.8 Å². The van der Waals surface area contributed by atoms with E-state index in [4.69, 9.17) is 5.73 Å². The molecule has 0 spiro atoms. The summed E-state index contributed by atoms with van der Waals surface area (Å²) in [6.45, 7) is 3.14. The van der Waals surface area contributed by atoms with E-state index >= 15 is 0 Å². The molecule has 3 N–H and O–H groups in total. The van der Waals surface area contributed by atoms with Crippen molar-refractivity contribution in [1.29, 1.82) is 0 Å². The Bertz CT molecular complexity index is 384. The minimum atomic E-state index is 0.442. The van der Waals surface area contributed by atoms with E-state index in [1.54, 1.807) is 0 Å². The summed E-state index contributed by atoms with van der Waals surface area (Å²) in [5.74, 6) is 0. The molecule has 0 atom stereocenters. The molecule has 0 saturated heterocycles. The van der Waals surface area contributed by atoms with E-state index in [1.165, 1.54) is 36.9 Å². The van der Waals surface area contributed by atoms with Crippen molar-refractivity contribution < 1.29 is 0 Å². The van der Waals surface area contributed by atoms with Gasteiger partial charge in [-0.25, -0.2) is 0 Å². The predicted octanol–water partition coefficient (Wildman–Crippen LogP) is 3.66. The molecule has 1 fully saturated rings. The molecule has 1 aliphatic rings. The molecule has 1 aromatic carbocycles. The molecule has 0 aromatic heterocycles. The number of hydrogen-bond acceptors (Lipinski definition) is 3. The van der Waals surface area contributed by atoms with Crippen LogP contribution in [0.3, 0.4) is 0 Å². The van der Waals surface area contributed by atoms with E-state index in [0.29, 0.717) is 4.75 Å². The Hall–Kier alpha value is -0.830. The summed E-state index contributed by atoms with van der Waals surface area (Å²) in [5, 5.41) is 3.59. The van der Waals surface area contributed by atoms with Gasteiger partial charge in [-0.1, -0.05) is 18.9 Å². The quantitative estimate of drug-likeness (QED) is 0.801. The second kappa shape index (κ2) is 5.21. The summed E-state index contributed by atoms with van der Waals surface area (Å²) in [6.07, 6.45) is 7.65. The van der Waals surface area contributed by atoms with Gasteiger partial charge >= 0.3 is 0 Å². The van der Waals surface area contributed by atoms with Gasteiger partial charge in [0.25, 0.3) is 0 Å². The average molecular weight is 250 g/mol. The molecular formula is C14H22N2S. The zero-order valence-corrected chi connectivity index (χ0v) is 11.6. The van der Waals surface area contributed by atoms with Crippen LogP contribution in [0.2, 0.25) is 0 Å². The number of thioether (sulfide) groups is 1. The molecule has 1 aromatic rings. The average Bonchev–Trinajstić information content (AvgIpc) is 2.81. The van der Waals surface area contributed by atoms with Crippen molar-refractivity contribution in [3.8, 4) is 0 Å². The fourth-order valence-corrected chi connectivity index (χ4v) is 3.49. The molecule has 0 heterocycles. The third kappa shape index (κ3) is 2.71. The van der Waals surface area contributed by atoms with Crippen molar-refractivity contribution >= 4 is 23.1 Å². The normalized spacial score (nSPS) is 18.2. The van der Waals surface area contributed by atoms with Crippen molar-refractivity contribution in [2.24, 2.45) is 0 Å². The highest BCUT2D eigenvalue weighted by atomic mass is 32.2. The van der Waals surface area contributed by atoms with Gasteiger partial charge in [0, 0.05) is 22.7 Å². The Morgan fingerprint density at radius 1 is 1.35 bits per heavy atom. The van der Waals surface area contributed by atoms with Crippen LogP contribution in [0.5, 0.6) is 0 Å². The van der Waals surface area contributed by atoms with Crippen molar-refractivity contribution in [3.05, 3.63) is 23.8 Å². The number of nitrogens with two attached hydrogens (primary N) is 1. The standard InChI is InChI=1S/C14H22N2S/c1-11-12(15)6-5-7-13(11)16-10-14(17-2)8-3-4-9-14/h5-7,16H,3-4,8-10,15H2,1-2H3. The van der Waals surface area contributed by atoms with Crippen molar-refractivity contribution in [1.82, 2.24) is 0 Å². The first-order chi connectivity index (χ1) is 8.17. The molecule has 2 nitrogen and oxygen atoms in total. The first kappa shape index (κ1) is 12.6. The molecule has 2 rings (SSSR count). The molecule has 0 bridgehead atoms. The van der Waals surface area contributed by atoms with Crippen LogP contribution in [0.4, 0.5) is 11.4 Å². The smallest absolute Gasteiger partial charge is 0.0391 e. The SMILES string of the molecule is CSC1(CNc2cccc(N)c2C)CCCC1. The Kier molecular flexibility index (Phi) is 3.87. The third-order valence-electron chi connectivity index (χ3n) is 3.92. The lowest BCUT2D eigenvalue weighted by atomic mass is 10.1. The Morgan fingerprint density at radius 3 is 2.71 bits per heavy atom. The highest BCUT2D eigenvalue weighted by Crippen LogP contribution is 2.40. The number of hydrogen-bond donors (Lipinski definition) is 2. The molecule has 3 heteroatoms. The number of benzene rings is 1. The Labute approximate surface area is 108 Å². The van der Waals surface area contributed by atoms with E-state index in [2.05, 4.69) is 24.6 Å². The molecule has 17 heavy (non-hydrogen) atoms. The first-order valence-corrected chi connectivity index (χ1v) is 7.53. The molecule has 0 aliphatic heterocycles. The zero-order chi connectivity index (χ0) is 12.3. The van der Waals surface area contributed by atoms with Crippen LogP contribution in [0.1, 0.15) is 31.2 Å². The highest BCUT2D eigenvalue weighted by molar-refractivity contribution is 8.00. The monoisotopic (exact) mass is 250 g/mol. The molecule has 0 amide bonds. The molecule has 0 radical (unpaired) electrons. The minimum absolute atomic E-state index is 0.442. The Morgan fingerprint density at radius 2 is 2.06 bits per heavy atom. The number of rotatable bonds is 4. The van der Waals surface area contributed by atoms with Gasteiger partial charge in [0.2, 0.25) is 0 Å². The van der Waals surface area contributed by atoms with Crippen molar-refractivity contribution in [2.45, 2.75) is 37.4 Å². The summed E-state index contributed by atoms with van der Waals surface area (Å²) in [5.41, 5.74) is 9.15. The zero-order valence-electron chi connectivity index (χ0n) is 10.8. The number of nitrogens with one attached hydrogen (secondary N) is 1. The van der Waals surface area contributed by atoms with Gasteiger partial charge in [-0.05, 0) is 43.7 Å². The van der Waals surface area contributed by atoms with E-state index in [1.807, 2.05) is 23.9 Å². The fourth-order valence-electron chi connectivity index (χ4n) is 2.57. The van der Waals surface area contributed by atoms with E-state index in [-0.39, 0.29) is 0 Å². The van der Waals surface area contributed by atoms with Crippen LogP contribution in [0, 0.1) is 6.92 Å². The van der Waals surface area contributed by atoms with Crippen LogP contribution in [0.15, 0.2) is 18.2 Å². The maximum Gasteiger partial charge on any atom is 0.0391 e. The van der Waals surface area contributed by atoms with Gasteiger partial charge in [0.15, 0.2) is 0 Å². The lowest BCUT2D eigenvalue weighted by Gasteiger charge is -2.28. The maximum atomic E-state index is 5.92. The molecule has 1 aliphatic carbocycles. The maximum absolute atomic E-state index is 5.92. The van der Waals surface area contributed by atoms with Gasteiger partial charge in [0.05, 0.1) is 0 Å². The summed E-state index contributed by atoms with van der Waals surface area (Å²) in [6, 6.07) is 6.10. The summed E-state index contributed by atoms with van der Waals surface area (Å²) >= 11 is 2.02.